The Morgan fingerprint density at radius 2 is 1.40 bits per heavy atom. The first-order valence-corrected chi connectivity index (χ1v) is 12.2. The lowest BCUT2D eigenvalue weighted by atomic mass is 9.97. The number of nitrogens with zero attached hydrogens (tertiary/aromatic N) is 3. The molecule has 43 heavy (non-hydrogen) atoms. The summed E-state index contributed by atoms with van der Waals surface area (Å²) in [7, 11) is 2.55. The third kappa shape index (κ3) is 12.1. The standard InChI is InChI=1S/C15H11N5O2S.C9H9NO3.C3H4N2S.CH4/c1-22-15(21)19-9-4-2-8(3-5-9)12-10(6-16)13(18)20-14(23)11(12)7-17;1-13-9(12)10-8-4-2-7(6-11)3-5-8;4-2-1-3(5)6;/h2-5H,1H3,(H,19,21)(H3,18,20,23);2-6H,1H3,(H,10,12);1H2,(H2,5,6);1H4. The van der Waals surface area contributed by atoms with Crippen molar-refractivity contribution in [2.75, 3.05) is 30.6 Å². The molecule has 0 fully saturated rings. The lowest BCUT2D eigenvalue weighted by molar-refractivity contribution is 0.112. The number of aromatic nitrogens is 1. The second-order valence-electron chi connectivity index (χ2n) is 7.57. The number of nitrogen functional groups attached to an aromatic ring is 1. The van der Waals surface area contributed by atoms with Crippen molar-refractivity contribution in [2.45, 2.75) is 13.8 Å². The van der Waals surface area contributed by atoms with Crippen LogP contribution in [0, 0.1) is 38.6 Å². The van der Waals surface area contributed by atoms with E-state index in [1.807, 2.05) is 12.1 Å². The number of aldehydes is 1. The number of aromatic amines is 1. The summed E-state index contributed by atoms with van der Waals surface area (Å²) in [6, 6.07) is 18.8. The molecule has 0 spiro atoms. The fourth-order valence-corrected chi connectivity index (χ4v) is 3.24. The highest BCUT2D eigenvalue weighted by Gasteiger charge is 2.16. The lowest BCUT2D eigenvalue weighted by Gasteiger charge is -2.10. The van der Waals surface area contributed by atoms with Gasteiger partial charge in [-0.2, -0.15) is 15.8 Å². The first kappa shape index (κ1) is 37.2. The van der Waals surface area contributed by atoms with E-state index in [9.17, 15) is 24.9 Å². The number of carbonyl (C=O) groups is 3. The van der Waals surface area contributed by atoms with Gasteiger partial charge in [-0.25, -0.2) is 9.59 Å². The van der Waals surface area contributed by atoms with Gasteiger partial charge in [-0.15, -0.1) is 0 Å². The summed E-state index contributed by atoms with van der Waals surface area (Å²) >= 11 is 9.44. The van der Waals surface area contributed by atoms with Crippen LogP contribution < -0.4 is 22.1 Å². The Morgan fingerprint density at radius 1 is 0.930 bits per heavy atom. The van der Waals surface area contributed by atoms with Crippen molar-refractivity contribution >= 4 is 65.1 Å². The van der Waals surface area contributed by atoms with Crippen LogP contribution in [0.2, 0.25) is 0 Å². The fourth-order valence-electron chi connectivity index (χ4n) is 2.91. The first-order chi connectivity index (χ1) is 20.0. The van der Waals surface area contributed by atoms with Crippen LogP contribution in [-0.4, -0.2) is 42.7 Å². The van der Waals surface area contributed by atoms with Crippen LogP contribution in [-0.2, 0) is 9.47 Å². The van der Waals surface area contributed by atoms with Crippen LogP contribution in [0.15, 0.2) is 48.5 Å². The summed E-state index contributed by atoms with van der Waals surface area (Å²) in [6.45, 7) is 0. The highest BCUT2D eigenvalue weighted by atomic mass is 32.1. The van der Waals surface area contributed by atoms with E-state index < -0.39 is 12.2 Å². The quantitative estimate of drug-likeness (QED) is 0.178. The molecule has 0 saturated heterocycles. The van der Waals surface area contributed by atoms with E-state index in [1.54, 1.807) is 54.6 Å². The number of rotatable bonds is 5. The van der Waals surface area contributed by atoms with Crippen molar-refractivity contribution in [1.82, 2.24) is 4.98 Å². The number of methoxy groups -OCH3 is 2. The molecule has 1 heterocycles. The van der Waals surface area contributed by atoms with Gasteiger partial charge in [0.25, 0.3) is 0 Å². The molecule has 0 aliphatic rings. The smallest absolute Gasteiger partial charge is 0.411 e. The van der Waals surface area contributed by atoms with Gasteiger partial charge >= 0.3 is 12.2 Å². The number of nitrogens with two attached hydrogens (primary N) is 2. The zero-order valence-corrected chi connectivity index (χ0v) is 23.9. The molecule has 0 aliphatic heterocycles. The Balaban J connectivity index is 0.000000743. The minimum Gasteiger partial charge on any atom is -0.453 e. The maximum absolute atomic E-state index is 11.2. The molecule has 0 bridgehead atoms. The third-order valence-electron chi connectivity index (χ3n) is 4.81. The molecule has 0 saturated carbocycles. The maximum atomic E-state index is 11.2. The summed E-state index contributed by atoms with van der Waals surface area (Å²) in [4.78, 5) is 35.1. The normalized spacial score (nSPS) is 8.72. The maximum Gasteiger partial charge on any atom is 0.411 e. The van der Waals surface area contributed by atoms with Gasteiger partial charge in [0.1, 0.15) is 34.4 Å². The molecule has 2 aromatic carbocycles. The van der Waals surface area contributed by atoms with Crippen molar-refractivity contribution in [3.63, 3.8) is 0 Å². The predicted molar refractivity (Wildman–Crippen MR) is 169 cm³/mol. The van der Waals surface area contributed by atoms with Gasteiger partial charge in [0.05, 0.1) is 37.3 Å². The molecule has 1 aromatic heterocycles. The van der Waals surface area contributed by atoms with Crippen LogP contribution in [0.4, 0.5) is 26.8 Å². The second-order valence-corrected chi connectivity index (χ2v) is 8.50. The Labute approximate surface area is 258 Å². The van der Waals surface area contributed by atoms with Crippen LogP contribution in [0.1, 0.15) is 35.3 Å². The zero-order chi connectivity index (χ0) is 31.7. The average molecular weight is 621 g/mol. The minimum absolute atomic E-state index is 0. The van der Waals surface area contributed by atoms with Crippen molar-refractivity contribution in [3.8, 4) is 29.3 Å². The van der Waals surface area contributed by atoms with Crippen LogP contribution in [0.25, 0.3) is 11.1 Å². The van der Waals surface area contributed by atoms with Gasteiger partial charge in [0.15, 0.2) is 0 Å². The van der Waals surface area contributed by atoms with Gasteiger partial charge in [-0.1, -0.05) is 44.0 Å². The molecular weight excluding hydrogens is 592 g/mol. The van der Waals surface area contributed by atoms with Crippen LogP contribution in [0.5, 0.6) is 0 Å². The fraction of sp³-hybridized carbons (Fsp3) is 0.143. The molecule has 15 heteroatoms. The Bertz CT molecular complexity index is 1620. The molecule has 7 N–H and O–H groups in total. The van der Waals surface area contributed by atoms with Gasteiger partial charge in [0.2, 0.25) is 0 Å². The molecule has 2 amide bonds. The monoisotopic (exact) mass is 620 g/mol. The van der Waals surface area contributed by atoms with E-state index in [2.05, 4.69) is 37.3 Å². The average Bonchev–Trinajstić information content (AvgIpc) is 2.98. The van der Waals surface area contributed by atoms with Crippen molar-refractivity contribution < 1.29 is 23.9 Å². The Kier molecular flexibility index (Phi) is 16.7. The van der Waals surface area contributed by atoms with E-state index in [4.69, 9.17) is 28.9 Å². The Hall–Kier alpha value is -5.82. The molecule has 0 atom stereocenters. The molecule has 0 unspecified atom stereocenters. The summed E-state index contributed by atoms with van der Waals surface area (Å²) < 4.78 is 9.06. The van der Waals surface area contributed by atoms with Crippen LogP contribution >= 0.6 is 24.4 Å². The number of ether oxygens (including phenoxy) is 2. The van der Waals surface area contributed by atoms with Gasteiger partial charge < -0.3 is 25.9 Å². The SMILES string of the molecule is C.COC(=O)Nc1ccc(-c2c(C#N)c(N)[nH]c(=S)c2C#N)cc1.COC(=O)Nc1ccc(C=O)cc1.N#CCC(N)=S. The number of anilines is 3. The van der Waals surface area contributed by atoms with Crippen molar-refractivity contribution in [2.24, 2.45) is 5.73 Å². The van der Waals surface area contributed by atoms with E-state index >= 15 is 0 Å². The van der Waals surface area contributed by atoms with Gasteiger partial charge in [-0.3, -0.25) is 15.4 Å². The summed E-state index contributed by atoms with van der Waals surface area (Å²) in [5, 5.41) is 31.4. The number of hydrogen-bond donors (Lipinski definition) is 5. The van der Waals surface area contributed by atoms with Gasteiger partial charge in [0, 0.05) is 22.5 Å². The van der Waals surface area contributed by atoms with E-state index in [0.29, 0.717) is 28.1 Å². The molecule has 3 rings (SSSR count). The first-order valence-electron chi connectivity index (χ1n) is 11.4. The molecule has 222 valence electrons. The highest BCUT2D eigenvalue weighted by Crippen LogP contribution is 2.31. The number of thiocarbonyl (C=S) groups is 1. The molecule has 13 nitrogen and oxygen atoms in total. The number of H-pyrrole nitrogens is 1. The summed E-state index contributed by atoms with van der Waals surface area (Å²) in [5.74, 6) is 0.100. The molecule has 3 aromatic rings. The number of pyridine rings is 1. The second kappa shape index (κ2) is 19.3. The third-order valence-corrected chi connectivity index (χ3v) is 5.26. The van der Waals surface area contributed by atoms with Crippen molar-refractivity contribution in [1.29, 1.82) is 15.8 Å². The number of carbonyl (C=O) groups excluding carboxylic acids is 3. The number of hydrogen-bond acceptors (Lipinski definition) is 11. The lowest BCUT2D eigenvalue weighted by Crippen LogP contribution is -2.10. The number of amides is 2. The molecular formula is C28H28N8O5S2. The largest absolute Gasteiger partial charge is 0.453 e. The number of benzene rings is 2. The molecule has 0 radical (unpaired) electrons. The predicted octanol–water partition coefficient (Wildman–Crippen LogP) is 5.41. The highest BCUT2D eigenvalue weighted by molar-refractivity contribution is 7.80. The topological polar surface area (TPSA) is 233 Å². The number of nitriles is 3. The van der Waals surface area contributed by atoms with Crippen LogP contribution in [0.3, 0.4) is 0 Å². The minimum atomic E-state index is -0.598. The van der Waals surface area contributed by atoms with E-state index in [1.165, 1.54) is 14.2 Å². The summed E-state index contributed by atoms with van der Waals surface area (Å²) in [5.41, 5.74) is 13.6. The molecule has 0 aliphatic carbocycles. The van der Waals surface area contributed by atoms with Crippen molar-refractivity contribution in [3.05, 3.63) is 69.9 Å². The Morgan fingerprint density at radius 3 is 1.74 bits per heavy atom. The van der Waals surface area contributed by atoms with E-state index in [0.717, 1.165) is 6.29 Å². The number of nitrogens with one attached hydrogen (secondary N) is 3. The van der Waals surface area contributed by atoms with E-state index in [-0.39, 0.29) is 40.4 Å². The van der Waals surface area contributed by atoms with Gasteiger partial charge in [-0.05, 0) is 42.0 Å². The zero-order valence-electron chi connectivity index (χ0n) is 22.3. The summed E-state index contributed by atoms with van der Waals surface area (Å²) in [6.07, 6.45) is -0.199.